The van der Waals surface area contributed by atoms with Gasteiger partial charge in [0.25, 0.3) is 0 Å². The van der Waals surface area contributed by atoms with Gasteiger partial charge in [0.1, 0.15) is 0 Å². The molecule has 0 aliphatic carbocycles. The van der Waals surface area contributed by atoms with Crippen molar-refractivity contribution in [2.75, 3.05) is 13.6 Å². The van der Waals surface area contributed by atoms with Crippen molar-refractivity contribution in [2.24, 2.45) is 10.7 Å². The second-order valence-corrected chi connectivity index (χ2v) is 1.89. The SMILES string of the molecule is C/C=C/CCNC(N)=NC. The van der Waals surface area contributed by atoms with Crippen molar-refractivity contribution in [3.8, 4) is 0 Å². The number of rotatable bonds is 3. The molecule has 0 unspecified atom stereocenters. The molecule has 0 bridgehead atoms. The zero-order valence-electron chi connectivity index (χ0n) is 6.59. The zero-order valence-corrected chi connectivity index (χ0v) is 6.59. The van der Waals surface area contributed by atoms with Crippen LogP contribution in [0.15, 0.2) is 17.1 Å². The van der Waals surface area contributed by atoms with Crippen LogP contribution in [-0.2, 0) is 0 Å². The number of aliphatic imine (C=N–C) groups is 1. The topological polar surface area (TPSA) is 50.4 Å². The molecule has 0 rings (SSSR count). The molecule has 0 spiro atoms. The van der Waals surface area contributed by atoms with Gasteiger partial charge in [-0.25, -0.2) is 0 Å². The third kappa shape index (κ3) is 5.15. The summed E-state index contributed by atoms with van der Waals surface area (Å²) >= 11 is 0. The van der Waals surface area contributed by atoms with Crippen LogP contribution in [-0.4, -0.2) is 19.6 Å². The summed E-state index contributed by atoms with van der Waals surface area (Å²) in [7, 11) is 1.66. The summed E-state index contributed by atoms with van der Waals surface area (Å²) < 4.78 is 0. The summed E-state index contributed by atoms with van der Waals surface area (Å²) in [6.07, 6.45) is 5.09. The molecule has 0 radical (unpaired) electrons. The number of allylic oxidation sites excluding steroid dienone is 1. The van der Waals surface area contributed by atoms with Crippen LogP contribution in [0.5, 0.6) is 0 Å². The van der Waals surface area contributed by atoms with Crippen molar-refractivity contribution >= 4 is 5.96 Å². The Labute approximate surface area is 62.0 Å². The Balaban J connectivity index is 3.20. The lowest BCUT2D eigenvalue weighted by molar-refractivity contribution is 0.877. The Bertz CT molecular complexity index is 127. The minimum atomic E-state index is 0.504. The quantitative estimate of drug-likeness (QED) is 0.260. The molecule has 3 heteroatoms. The number of nitrogens with zero attached hydrogens (tertiary/aromatic N) is 1. The minimum absolute atomic E-state index is 0.504. The zero-order chi connectivity index (χ0) is 7.82. The average Bonchev–Trinajstić information content (AvgIpc) is 1.98. The maximum absolute atomic E-state index is 5.37. The monoisotopic (exact) mass is 141 g/mol. The Hall–Kier alpha value is -0.990. The third-order valence-electron chi connectivity index (χ3n) is 1.09. The van der Waals surface area contributed by atoms with Crippen molar-refractivity contribution in [1.29, 1.82) is 0 Å². The van der Waals surface area contributed by atoms with E-state index in [9.17, 15) is 0 Å². The van der Waals surface area contributed by atoms with Crippen molar-refractivity contribution in [3.63, 3.8) is 0 Å². The summed E-state index contributed by atoms with van der Waals surface area (Å²) in [6, 6.07) is 0. The van der Waals surface area contributed by atoms with Crippen molar-refractivity contribution in [2.45, 2.75) is 13.3 Å². The summed E-state index contributed by atoms with van der Waals surface area (Å²) in [5.74, 6) is 0.504. The molecule has 0 aromatic carbocycles. The Kier molecular flexibility index (Phi) is 5.53. The van der Waals surface area contributed by atoms with Crippen molar-refractivity contribution in [3.05, 3.63) is 12.2 Å². The first-order chi connectivity index (χ1) is 4.81. The summed E-state index contributed by atoms with van der Waals surface area (Å²) in [5.41, 5.74) is 5.37. The number of hydrogen-bond acceptors (Lipinski definition) is 1. The van der Waals surface area contributed by atoms with Crippen LogP contribution < -0.4 is 11.1 Å². The fraction of sp³-hybridized carbons (Fsp3) is 0.571. The lowest BCUT2D eigenvalue weighted by atomic mass is 10.4. The Morgan fingerprint density at radius 1 is 1.70 bits per heavy atom. The van der Waals surface area contributed by atoms with Crippen LogP contribution in [0.1, 0.15) is 13.3 Å². The highest BCUT2D eigenvalue weighted by molar-refractivity contribution is 5.77. The van der Waals surface area contributed by atoms with Crippen LogP contribution in [0.4, 0.5) is 0 Å². The Morgan fingerprint density at radius 2 is 2.40 bits per heavy atom. The lowest BCUT2D eigenvalue weighted by Gasteiger charge is -2.00. The highest BCUT2D eigenvalue weighted by atomic mass is 15.1. The van der Waals surface area contributed by atoms with Crippen LogP contribution >= 0.6 is 0 Å². The minimum Gasteiger partial charge on any atom is -0.370 e. The van der Waals surface area contributed by atoms with E-state index in [1.165, 1.54) is 0 Å². The van der Waals surface area contributed by atoms with Crippen LogP contribution in [0, 0.1) is 0 Å². The standard InChI is InChI=1S/C7H15N3/c1-3-4-5-6-10-7(8)9-2/h3-4H,5-6H2,1-2H3,(H3,8,9,10)/b4-3+. The second kappa shape index (κ2) is 6.13. The molecule has 0 aromatic rings. The van der Waals surface area contributed by atoms with Gasteiger partial charge in [-0.1, -0.05) is 12.2 Å². The highest BCUT2D eigenvalue weighted by Crippen LogP contribution is 1.77. The Morgan fingerprint density at radius 3 is 2.90 bits per heavy atom. The number of nitrogens with one attached hydrogen (secondary N) is 1. The fourth-order valence-electron chi connectivity index (χ4n) is 0.529. The van der Waals surface area contributed by atoms with Gasteiger partial charge >= 0.3 is 0 Å². The molecule has 0 heterocycles. The van der Waals surface area contributed by atoms with Gasteiger partial charge < -0.3 is 11.1 Å². The molecule has 0 aromatic heterocycles. The van der Waals surface area contributed by atoms with E-state index in [1.54, 1.807) is 7.05 Å². The van der Waals surface area contributed by atoms with E-state index in [4.69, 9.17) is 5.73 Å². The smallest absolute Gasteiger partial charge is 0.188 e. The van der Waals surface area contributed by atoms with Gasteiger partial charge in [-0.2, -0.15) is 0 Å². The van der Waals surface area contributed by atoms with Gasteiger partial charge in [0, 0.05) is 13.6 Å². The molecule has 0 atom stereocenters. The molecule has 0 saturated heterocycles. The molecule has 0 saturated carbocycles. The molecule has 3 nitrogen and oxygen atoms in total. The molecule has 3 N–H and O–H groups in total. The van der Waals surface area contributed by atoms with E-state index >= 15 is 0 Å². The molecule has 58 valence electrons. The van der Waals surface area contributed by atoms with Crippen molar-refractivity contribution in [1.82, 2.24) is 5.32 Å². The predicted octanol–water partition coefficient (Wildman–Crippen LogP) is 0.487. The number of nitrogens with two attached hydrogens (primary N) is 1. The first-order valence-corrected chi connectivity index (χ1v) is 3.38. The molecular formula is C7H15N3. The third-order valence-corrected chi connectivity index (χ3v) is 1.09. The van der Waals surface area contributed by atoms with Gasteiger partial charge in [0.15, 0.2) is 5.96 Å². The predicted molar refractivity (Wildman–Crippen MR) is 45.0 cm³/mol. The maximum atomic E-state index is 5.37. The first-order valence-electron chi connectivity index (χ1n) is 3.38. The summed E-state index contributed by atoms with van der Waals surface area (Å²) in [6.45, 7) is 2.85. The molecule has 0 aliphatic rings. The van der Waals surface area contributed by atoms with Gasteiger partial charge in [-0.05, 0) is 13.3 Å². The van der Waals surface area contributed by atoms with E-state index in [0.29, 0.717) is 5.96 Å². The van der Waals surface area contributed by atoms with Gasteiger partial charge in [0.2, 0.25) is 0 Å². The largest absolute Gasteiger partial charge is 0.370 e. The van der Waals surface area contributed by atoms with Gasteiger partial charge in [-0.15, -0.1) is 0 Å². The molecule has 0 aliphatic heterocycles. The number of guanidine groups is 1. The van der Waals surface area contributed by atoms with Gasteiger partial charge in [-0.3, -0.25) is 4.99 Å². The first kappa shape index (κ1) is 9.01. The average molecular weight is 141 g/mol. The molecule has 10 heavy (non-hydrogen) atoms. The van der Waals surface area contributed by atoms with E-state index in [2.05, 4.69) is 16.4 Å². The summed E-state index contributed by atoms with van der Waals surface area (Å²) in [4.78, 5) is 3.75. The number of hydrogen-bond donors (Lipinski definition) is 2. The highest BCUT2D eigenvalue weighted by Gasteiger charge is 1.83. The lowest BCUT2D eigenvalue weighted by Crippen LogP contribution is -2.31. The van der Waals surface area contributed by atoms with Crippen molar-refractivity contribution < 1.29 is 0 Å². The fourth-order valence-corrected chi connectivity index (χ4v) is 0.529. The molecular weight excluding hydrogens is 126 g/mol. The normalized spacial score (nSPS) is 12.4. The van der Waals surface area contributed by atoms with Crippen LogP contribution in [0.2, 0.25) is 0 Å². The van der Waals surface area contributed by atoms with Gasteiger partial charge in [0.05, 0.1) is 0 Å². The van der Waals surface area contributed by atoms with E-state index in [1.807, 2.05) is 13.0 Å². The van der Waals surface area contributed by atoms with Crippen LogP contribution in [0.25, 0.3) is 0 Å². The van der Waals surface area contributed by atoms with E-state index in [-0.39, 0.29) is 0 Å². The van der Waals surface area contributed by atoms with Crippen LogP contribution in [0.3, 0.4) is 0 Å². The maximum Gasteiger partial charge on any atom is 0.188 e. The second-order valence-electron chi connectivity index (χ2n) is 1.89. The molecule has 0 fully saturated rings. The molecule has 0 amide bonds. The van der Waals surface area contributed by atoms with E-state index in [0.717, 1.165) is 13.0 Å². The summed E-state index contributed by atoms with van der Waals surface area (Å²) in [5, 5.41) is 2.94. The van der Waals surface area contributed by atoms with E-state index < -0.39 is 0 Å².